The molecule has 6 heteroatoms. The number of aromatic nitrogens is 2. The van der Waals surface area contributed by atoms with Gasteiger partial charge in [0.15, 0.2) is 0 Å². The van der Waals surface area contributed by atoms with Crippen molar-refractivity contribution in [3.8, 4) is 0 Å². The zero-order chi connectivity index (χ0) is 14.4. The number of aryl methyl sites for hydroxylation is 1. The van der Waals surface area contributed by atoms with Crippen LogP contribution in [-0.4, -0.2) is 59.9 Å². The number of carbonyl (C=O) groups excluding carboxylic acids is 1. The number of hydrogen-bond donors (Lipinski definition) is 0. The normalized spacial score (nSPS) is 18.4. The van der Waals surface area contributed by atoms with Gasteiger partial charge >= 0.3 is 0 Å². The van der Waals surface area contributed by atoms with Crippen LogP contribution in [-0.2, 0) is 20.8 Å². The summed E-state index contributed by atoms with van der Waals surface area (Å²) in [6, 6.07) is 0. The molecule has 0 unspecified atom stereocenters. The number of rotatable bonds is 7. The fraction of sp³-hybridized carbons (Fsp3) is 0.714. The third kappa shape index (κ3) is 4.05. The minimum absolute atomic E-state index is 0.0821. The first-order valence-corrected chi connectivity index (χ1v) is 7.06. The molecule has 1 saturated heterocycles. The summed E-state index contributed by atoms with van der Waals surface area (Å²) in [6.07, 6.45) is 5.81. The molecule has 6 nitrogen and oxygen atoms in total. The van der Waals surface area contributed by atoms with Crippen LogP contribution in [0, 0.1) is 6.92 Å². The molecule has 0 radical (unpaired) electrons. The first-order valence-electron chi connectivity index (χ1n) is 7.06. The fourth-order valence-electron chi connectivity index (χ4n) is 2.37. The summed E-state index contributed by atoms with van der Waals surface area (Å²) >= 11 is 0. The first-order chi connectivity index (χ1) is 9.70. The van der Waals surface area contributed by atoms with Crippen molar-refractivity contribution in [2.24, 2.45) is 0 Å². The van der Waals surface area contributed by atoms with Crippen molar-refractivity contribution in [3.63, 3.8) is 0 Å². The molecule has 112 valence electrons. The summed E-state index contributed by atoms with van der Waals surface area (Å²) in [7, 11) is 1.65. The van der Waals surface area contributed by atoms with Gasteiger partial charge in [-0.25, -0.2) is 4.98 Å². The second-order valence-electron chi connectivity index (χ2n) is 5.07. The van der Waals surface area contributed by atoms with Gasteiger partial charge in [-0.05, 0) is 19.8 Å². The molecule has 2 heterocycles. The summed E-state index contributed by atoms with van der Waals surface area (Å²) in [5, 5.41) is 0. The van der Waals surface area contributed by atoms with E-state index in [-0.39, 0.29) is 12.0 Å². The van der Waals surface area contributed by atoms with Gasteiger partial charge in [0.2, 0.25) is 5.91 Å². The molecular formula is C14H23N3O3. The largest absolute Gasteiger partial charge is 0.383 e. The average Bonchev–Trinajstić information content (AvgIpc) is 3.07. The quantitative estimate of drug-likeness (QED) is 0.743. The molecule has 0 saturated carbocycles. The lowest BCUT2D eigenvalue weighted by molar-refractivity contribution is -0.134. The van der Waals surface area contributed by atoms with Crippen molar-refractivity contribution in [2.75, 3.05) is 33.4 Å². The van der Waals surface area contributed by atoms with E-state index in [2.05, 4.69) is 4.98 Å². The molecule has 2 rings (SSSR count). The zero-order valence-corrected chi connectivity index (χ0v) is 12.2. The summed E-state index contributed by atoms with van der Waals surface area (Å²) in [5.41, 5.74) is 0. The van der Waals surface area contributed by atoms with Gasteiger partial charge in [-0.15, -0.1) is 0 Å². The smallest absolute Gasteiger partial charge is 0.242 e. The molecule has 20 heavy (non-hydrogen) atoms. The third-order valence-electron chi connectivity index (χ3n) is 3.60. The highest BCUT2D eigenvalue weighted by atomic mass is 16.5. The number of ether oxygens (including phenoxy) is 2. The summed E-state index contributed by atoms with van der Waals surface area (Å²) < 4.78 is 12.6. The standard InChI is InChI=1S/C14H23N3O3/c1-12-15-5-6-16(12)11-14(18)17(7-9-19-2)10-13-4-3-8-20-13/h5-6,13H,3-4,7-11H2,1-2H3/t13-/m0/s1. The van der Waals surface area contributed by atoms with Gasteiger partial charge in [0, 0.05) is 39.2 Å². The first kappa shape index (κ1) is 15.0. The summed E-state index contributed by atoms with van der Waals surface area (Å²) in [5.74, 6) is 0.931. The van der Waals surface area contributed by atoms with E-state index in [1.807, 2.05) is 22.6 Å². The molecule has 1 amide bonds. The lowest BCUT2D eigenvalue weighted by atomic mass is 10.2. The Balaban J connectivity index is 1.93. The van der Waals surface area contributed by atoms with E-state index in [9.17, 15) is 4.79 Å². The van der Waals surface area contributed by atoms with Gasteiger partial charge < -0.3 is 18.9 Å². The van der Waals surface area contributed by atoms with E-state index in [0.29, 0.717) is 26.2 Å². The molecule has 0 spiro atoms. The molecule has 1 atom stereocenters. The fourth-order valence-corrected chi connectivity index (χ4v) is 2.37. The van der Waals surface area contributed by atoms with Crippen LogP contribution in [0.15, 0.2) is 12.4 Å². The Morgan fingerprint density at radius 2 is 2.50 bits per heavy atom. The number of imidazole rings is 1. The molecule has 0 bridgehead atoms. The van der Waals surface area contributed by atoms with Gasteiger partial charge in [0.25, 0.3) is 0 Å². The van der Waals surface area contributed by atoms with Crippen LogP contribution in [0.2, 0.25) is 0 Å². The average molecular weight is 281 g/mol. The molecule has 0 aromatic carbocycles. The Hall–Kier alpha value is -1.40. The second kappa shape index (κ2) is 7.40. The van der Waals surface area contributed by atoms with Crippen molar-refractivity contribution in [1.29, 1.82) is 0 Å². The molecule has 1 aliphatic rings. The molecule has 1 fully saturated rings. The molecule has 1 aliphatic heterocycles. The topological polar surface area (TPSA) is 56.6 Å². The van der Waals surface area contributed by atoms with Crippen LogP contribution in [0.4, 0.5) is 0 Å². The second-order valence-corrected chi connectivity index (χ2v) is 5.07. The van der Waals surface area contributed by atoms with Crippen LogP contribution < -0.4 is 0 Å². The summed E-state index contributed by atoms with van der Waals surface area (Å²) in [4.78, 5) is 18.4. The van der Waals surface area contributed by atoms with Crippen LogP contribution >= 0.6 is 0 Å². The SMILES string of the molecule is COCCN(C[C@@H]1CCCO1)C(=O)Cn1ccnc1C. The van der Waals surface area contributed by atoms with E-state index in [1.165, 1.54) is 0 Å². The highest BCUT2D eigenvalue weighted by molar-refractivity contribution is 5.76. The highest BCUT2D eigenvalue weighted by Gasteiger charge is 2.22. The maximum Gasteiger partial charge on any atom is 0.242 e. The Kier molecular flexibility index (Phi) is 5.55. The Labute approximate surface area is 119 Å². The van der Waals surface area contributed by atoms with E-state index in [1.54, 1.807) is 13.3 Å². The predicted octanol–water partition coefficient (Wildman–Crippen LogP) is 0.846. The van der Waals surface area contributed by atoms with Crippen LogP contribution in [0.25, 0.3) is 0 Å². The predicted molar refractivity (Wildman–Crippen MR) is 74.4 cm³/mol. The minimum atomic E-state index is 0.0821. The molecular weight excluding hydrogens is 258 g/mol. The Morgan fingerprint density at radius 3 is 3.10 bits per heavy atom. The monoisotopic (exact) mass is 281 g/mol. The van der Waals surface area contributed by atoms with E-state index in [4.69, 9.17) is 9.47 Å². The Bertz CT molecular complexity index is 427. The Morgan fingerprint density at radius 1 is 1.65 bits per heavy atom. The lowest BCUT2D eigenvalue weighted by Crippen LogP contribution is -2.41. The van der Waals surface area contributed by atoms with Gasteiger partial charge in [0.05, 0.1) is 12.7 Å². The van der Waals surface area contributed by atoms with Crippen molar-refractivity contribution >= 4 is 5.91 Å². The summed E-state index contributed by atoms with van der Waals surface area (Å²) in [6.45, 7) is 4.81. The zero-order valence-electron chi connectivity index (χ0n) is 12.2. The van der Waals surface area contributed by atoms with Gasteiger partial charge in [-0.1, -0.05) is 0 Å². The number of amides is 1. The minimum Gasteiger partial charge on any atom is -0.383 e. The van der Waals surface area contributed by atoms with E-state index in [0.717, 1.165) is 25.3 Å². The maximum absolute atomic E-state index is 12.4. The molecule has 1 aromatic heterocycles. The van der Waals surface area contributed by atoms with Crippen molar-refractivity contribution in [2.45, 2.75) is 32.4 Å². The van der Waals surface area contributed by atoms with Crippen LogP contribution in [0.5, 0.6) is 0 Å². The van der Waals surface area contributed by atoms with Crippen molar-refractivity contribution < 1.29 is 14.3 Å². The maximum atomic E-state index is 12.4. The van der Waals surface area contributed by atoms with Crippen molar-refractivity contribution in [3.05, 3.63) is 18.2 Å². The van der Waals surface area contributed by atoms with Crippen LogP contribution in [0.3, 0.4) is 0 Å². The molecule has 0 aliphatic carbocycles. The third-order valence-corrected chi connectivity index (χ3v) is 3.60. The number of methoxy groups -OCH3 is 1. The van der Waals surface area contributed by atoms with Gasteiger partial charge in [-0.2, -0.15) is 0 Å². The van der Waals surface area contributed by atoms with Crippen LogP contribution in [0.1, 0.15) is 18.7 Å². The van der Waals surface area contributed by atoms with E-state index >= 15 is 0 Å². The van der Waals surface area contributed by atoms with Gasteiger partial charge in [0.1, 0.15) is 12.4 Å². The lowest BCUT2D eigenvalue weighted by Gasteiger charge is -2.25. The van der Waals surface area contributed by atoms with Gasteiger partial charge in [-0.3, -0.25) is 4.79 Å². The number of nitrogens with zero attached hydrogens (tertiary/aromatic N) is 3. The van der Waals surface area contributed by atoms with E-state index < -0.39 is 0 Å². The highest BCUT2D eigenvalue weighted by Crippen LogP contribution is 2.13. The number of hydrogen-bond acceptors (Lipinski definition) is 4. The molecule has 0 N–H and O–H groups in total. The number of carbonyl (C=O) groups is 1. The molecule has 1 aromatic rings. The van der Waals surface area contributed by atoms with Crippen molar-refractivity contribution in [1.82, 2.24) is 14.5 Å².